The lowest BCUT2D eigenvalue weighted by Gasteiger charge is -2.18. The van der Waals surface area contributed by atoms with Crippen LogP contribution in [0.15, 0.2) is 48.7 Å². The molecule has 1 aromatic carbocycles. The Bertz CT molecular complexity index is 983. The molecule has 0 amide bonds. The van der Waals surface area contributed by atoms with E-state index in [-0.39, 0.29) is 5.75 Å². The third-order valence-electron chi connectivity index (χ3n) is 3.73. The average Bonchev–Trinajstić information content (AvgIpc) is 2.67. The molecular formula is C19H15F4N3O2. The molecular weight excluding hydrogens is 378 g/mol. The Hall–Kier alpha value is -3.23. The molecule has 0 fully saturated rings. The van der Waals surface area contributed by atoms with Gasteiger partial charge in [0.2, 0.25) is 0 Å². The van der Waals surface area contributed by atoms with Gasteiger partial charge in [0.25, 0.3) is 0 Å². The normalized spacial score (nSPS) is 11.5. The van der Waals surface area contributed by atoms with Crippen molar-refractivity contribution in [3.63, 3.8) is 0 Å². The molecule has 2 heterocycles. The van der Waals surface area contributed by atoms with Crippen LogP contribution >= 0.6 is 0 Å². The number of hydrogen-bond donors (Lipinski definition) is 0. The Labute approximate surface area is 158 Å². The number of benzene rings is 1. The maximum Gasteiger partial charge on any atom is 0.461 e. The second-order valence-electron chi connectivity index (χ2n) is 5.76. The molecule has 0 atom stereocenters. The summed E-state index contributed by atoms with van der Waals surface area (Å²) in [5, 5.41) is 0. The van der Waals surface area contributed by atoms with Gasteiger partial charge in [0.1, 0.15) is 17.2 Å². The highest BCUT2D eigenvalue weighted by molar-refractivity contribution is 5.70. The van der Waals surface area contributed by atoms with Crippen LogP contribution in [0.4, 0.5) is 17.6 Å². The lowest BCUT2D eigenvalue weighted by atomic mass is 10.1. The first kappa shape index (κ1) is 19.5. The predicted molar refractivity (Wildman–Crippen MR) is 93.6 cm³/mol. The van der Waals surface area contributed by atoms with E-state index in [9.17, 15) is 17.6 Å². The standard InChI is InChI=1S/C19H15F4N3O2/c1-11-8-9-24-17(25-11)15-5-3-4-14(26-15)13-7-6-12(10-16(13)27-2)28-19(22,23)18(20)21/h3-10,18H,1-2H3. The van der Waals surface area contributed by atoms with E-state index in [1.165, 1.54) is 13.2 Å². The molecule has 0 saturated heterocycles. The number of halogens is 4. The summed E-state index contributed by atoms with van der Waals surface area (Å²) >= 11 is 0. The van der Waals surface area contributed by atoms with Gasteiger partial charge < -0.3 is 9.47 Å². The Morgan fingerprint density at radius 2 is 1.75 bits per heavy atom. The number of pyridine rings is 1. The van der Waals surface area contributed by atoms with Gasteiger partial charge in [0, 0.05) is 23.5 Å². The number of aryl methyl sites for hydroxylation is 1. The highest BCUT2D eigenvalue weighted by Gasteiger charge is 2.44. The van der Waals surface area contributed by atoms with Gasteiger partial charge in [-0.15, -0.1) is 0 Å². The fourth-order valence-corrected chi connectivity index (χ4v) is 2.43. The molecule has 9 heteroatoms. The van der Waals surface area contributed by atoms with Crippen molar-refractivity contribution in [2.24, 2.45) is 0 Å². The van der Waals surface area contributed by atoms with Crippen molar-refractivity contribution in [1.82, 2.24) is 15.0 Å². The van der Waals surface area contributed by atoms with E-state index < -0.39 is 18.3 Å². The number of methoxy groups -OCH3 is 1. The summed E-state index contributed by atoms with van der Waals surface area (Å²) < 4.78 is 60.2. The summed E-state index contributed by atoms with van der Waals surface area (Å²) in [5.41, 5.74) is 2.21. The second kappa shape index (κ2) is 7.79. The SMILES string of the molecule is COc1cc(OC(F)(F)C(F)F)ccc1-c1cccc(-c2nccc(C)n2)n1. The maximum absolute atomic E-state index is 13.1. The van der Waals surface area contributed by atoms with Gasteiger partial charge in [-0.1, -0.05) is 6.07 Å². The molecule has 0 aliphatic rings. The molecule has 0 aliphatic carbocycles. The number of ether oxygens (including phenoxy) is 2. The highest BCUT2D eigenvalue weighted by atomic mass is 19.3. The summed E-state index contributed by atoms with van der Waals surface area (Å²) in [6.07, 6.45) is -6.94. The van der Waals surface area contributed by atoms with Gasteiger partial charge in [-0.2, -0.15) is 17.6 Å². The Kier molecular flexibility index (Phi) is 5.43. The van der Waals surface area contributed by atoms with E-state index in [1.54, 1.807) is 30.5 Å². The highest BCUT2D eigenvalue weighted by Crippen LogP contribution is 2.35. The molecule has 3 rings (SSSR count). The lowest BCUT2D eigenvalue weighted by Crippen LogP contribution is -2.33. The zero-order valence-electron chi connectivity index (χ0n) is 14.9. The fraction of sp³-hybridized carbons (Fsp3) is 0.211. The summed E-state index contributed by atoms with van der Waals surface area (Å²) in [7, 11) is 1.32. The molecule has 2 aromatic heterocycles. The summed E-state index contributed by atoms with van der Waals surface area (Å²) in [5.74, 6) is 0.110. The van der Waals surface area contributed by atoms with E-state index in [1.807, 2.05) is 6.92 Å². The van der Waals surface area contributed by atoms with Crippen LogP contribution in [0.5, 0.6) is 11.5 Å². The fourth-order valence-electron chi connectivity index (χ4n) is 2.43. The number of rotatable bonds is 6. The monoisotopic (exact) mass is 393 g/mol. The summed E-state index contributed by atoms with van der Waals surface area (Å²) in [6.45, 7) is 1.83. The van der Waals surface area contributed by atoms with E-state index >= 15 is 0 Å². The molecule has 3 aromatic rings. The van der Waals surface area contributed by atoms with Crippen LogP contribution in [0.2, 0.25) is 0 Å². The molecule has 5 nitrogen and oxygen atoms in total. The van der Waals surface area contributed by atoms with E-state index in [2.05, 4.69) is 19.7 Å². The molecule has 0 aliphatic heterocycles. The number of alkyl halides is 4. The lowest BCUT2D eigenvalue weighted by molar-refractivity contribution is -0.253. The summed E-state index contributed by atoms with van der Waals surface area (Å²) in [4.78, 5) is 13.0. The van der Waals surface area contributed by atoms with Crippen molar-refractivity contribution in [3.8, 4) is 34.3 Å². The van der Waals surface area contributed by atoms with Gasteiger partial charge in [-0.05, 0) is 37.3 Å². The van der Waals surface area contributed by atoms with Gasteiger partial charge in [-0.25, -0.2) is 15.0 Å². The van der Waals surface area contributed by atoms with Gasteiger partial charge in [-0.3, -0.25) is 0 Å². The predicted octanol–water partition coefficient (Wildman–Crippen LogP) is 4.76. The Morgan fingerprint density at radius 1 is 1.00 bits per heavy atom. The Balaban J connectivity index is 1.97. The van der Waals surface area contributed by atoms with Crippen LogP contribution in [0.25, 0.3) is 22.8 Å². The number of aromatic nitrogens is 3. The zero-order chi connectivity index (χ0) is 20.3. The van der Waals surface area contributed by atoms with Crippen LogP contribution in [0, 0.1) is 6.92 Å². The van der Waals surface area contributed by atoms with Crippen molar-refractivity contribution >= 4 is 0 Å². The van der Waals surface area contributed by atoms with Crippen LogP contribution in [0.1, 0.15) is 5.69 Å². The van der Waals surface area contributed by atoms with E-state index in [4.69, 9.17) is 4.74 Å². The molecule has 146 valence electrons. The smallest absolute Gasteiger partial charge is 0.461 e. The molecule has 0 saturated carbocycles. The third kappa shape index (κ3) is 4.19. The van der Waals surface area contributed by atoms with Crippen molar-refractivity contribution < 1.29 is 27.0 Å². The van der Waals surface area contributed by atoms with Crippen LogP contribution in [0.3, 0.4) is 0 Å². The quantitative estimate of drug-likeness (QED) is 0.565. The first-order valence-corrected chi connectivity index (χ1v) is 8.10. The van der Waals surface area contributed by atoms with Crippen molar-refractivity contribution in [3.05, 3.63) is 54.4 Å². The van der Waals surface area contributed by atoms with Crippen LogP contribution < -0.4 is 9.47 Å². The van der Waals surface area contributed by atoms with E-state index in [0.29, 0.717) is 22.8 Å². The van der Waals surface area contributed by atoms with Crippen molar-refractivity contribution in [2.75, 3.05) is 7.11 Å². The molecule has 0 N–H and O–H groups in total. The average molecular weight is 393 g/mol. The summed E-state index contributed by atoms with van der Waals surface area (Å²) in [6, 6.07) is 10.5. The van der Waals surface area contributed by atoms with Crippen LogP contribution in [-0.4, -0.2) is 34.6 Å². The number of hydrogen-bond acceptors (Lipinski definition) is 5. The Morgan fingerprint density at radius 3 is 2.43 bits per heavy atom. The molecule has 0 bridgehead atoms. The molecule has 0 spiro atoms. The first-order valence-electron chi connectivity index (χ1n) is 8.10. The van der Waals surface area contributed by atoms with Gasteiger partial charge >= 0.3 is 12.5 Å². The third-order valence-corrected chi connectivity index (χ3v) is 3.73. The minimum absolute atomic E-state index is 0.136. The maximum atomic E-state index is 13.1. The topological polar surface area (TPSA) is 57.1 Å². The zero-order valence-corrected chi connectivity index (χ0v) is 14.9. The van der Waals surface area contributed by atoms with Crippen LogP contribution in [-0.2, 0) is 0 Å². The largest absolute Gasteiger partial charge is 0.496 e. The minimum Gasteiger partial charge on any atom is -0.496 e. The molecule has 0 radical (unpaired) electrons. The van der Waals surface area contributed by atoms with Gasteiger partial charge in [0.05, 0.1) is 12.8 Å². The van der Waals surface area contributed by atoms with Crippen molar-refractivity contribution in [2.45, 2.75) is 19.5 Å². The first-order chi connectivity index (χ1) is 13.3. The van der Waals surface area contributed by atoms with E-state index in [0.717, 1.165) is 17.8 Å². The molecule has 0 unspecified atom stereocenters. The van der Waals surface area contributed by atoms with Crippen molar-refractivity contribution in [1.29, 1.82) is 0 Å². The second-order valence-corrected chi connectivity index (χ2v) is 5.76. The van der Waals surface area contributed by atoms with Gasteiger partial charge in [0.15, 0.2) is 5.82 Å². The number of nitrogens with zero attached hydrogens (tertiary/aromatic N) is 3. The minimum atomic E-state index is -4.60. The molecule has 28 heavy (non-hydrogen) atoms.